The number of nitrogens with zero attached hydrogens (tertiary/aromatic N) is 6. The number of rotatable bonds is 5. The number of carbonyl (C=O) groups excluding carboxylic acids is 1. The standard InChI is InChI=1S/C27H21N7O2/c1-17-20-15-29-22(21-16-30-33-12-6-11-28-26(21)33)14-24(20)34(32-17)23-10-9-19(13-25(23)36-2)31-27(35)18-7-4-3-5-8-18/h3-16H,1-2H3,(H,31,35). The van der Waals surface area contributed by atoms with E-state index in [1.54, 1.807) is 42.2 Å². The lowest BCUT2D eigenvalue weighted by Crippen LogP contribution is -2.12. The molecule has 176 valence electrons. The zero-order valence-electron chi connectivity index (χ0n) is 19.6. The number of benzene rings is 2. The van der Waals surface area contributed by atoms with Crippen molar-refractivity contribution in [2.45, 2.75) is 6.92 Å². The van der Waals surface area contributed by atoms with Crippen LogP contribution in [0, 0.1) is 6.92 Å². The molecule has 4 heterocycles. The summed E-state index contributed by atoms with van der Waals surface area (Å²) in [6.45, 7) is 1.94. The van der Waals surface area contributed by atoms with Gasteiger partial charge in [0.25, 0.3) is 5.91 Å². The molecule has 0 bridgehead atoms. The normalized spacial score (nSPS) is 11.2. The average Bonchev–Trinajstić information content (AvgIpc) is 3.50. The molecule has 9 nitrogen and oxygen atoms in total. The van der Waals surface area contributed by atoms with E-state index in [0.29, 0.717) is 17.0 Å². The first-order chi connectivity index (χ1) is 17.6. The highest BCUT2D eigenvalue weighted by Crippen LogP contribution is 2.32. The third-order valence-corrected chi connectivity index (χ3v) is 6.01. The molecular formula is C27H21N7O2. The molecule has 0 radical (unpaired) electrons. The van der Waals surface area contributed by atoms with E-state index in [1.165, 1.54) is 0 Å². The molecule has 0 aliphatic rings. The number of amides is 1. The third kappa shape index (κ3) is 3.63. The van der Waals surface area contributed by atoms with Gasteiger partial charge in [0.15, 0.2) is 5.65 Å². The summed E-state index contributed by atoms with van der Waals surface area (Å²) in [5.74, 6) is 0.379. The molecule has 0 unspecified atom stereocenters. The van der Waals surface area contributed by atoms with Crippen LogP contribution < -0.4 is 10.1 Å². The van der Waals surface area contributed by atoms with Gasteiger partial charge >= 0.3 is 0 Å². The maximum Gasteiger partial charge on any atom is 0.255 e. The number of aromatic nitrogens is 6. The summed E-state index contributed by atoms with van der Waals surface area (Å²) in [5.41, 5.74) is 5.94. The predicted molar refractivity (Wildman–Crippen MR) is 137 cm³/mol. The predicted octanol–water partition coefficient (Wildman–Crippen LogP) is 4.70. The van der Waals surface area contributed by atoms with Crippen molar-refractivity contribution in [2.75, 3.05) is 12.4 Å². The molecule has 0 aliphatic carbocycles. The Hall–Kier alpha value is -5.05. The molecule has 0 aliphatic heterocycles. The molecule has 4 aromatic heterocycles. The highest BCUT2D eigenvalue weighted by Gasteiger charge is 2.17. The second-order valence-electron chi connectivity index (χ2n) is 8.24. The number of pyridine rings is 1. The number of carbonyl (C=O) groups is 1. The van der Waals surface area contributed by atoms with Crippen molar-refractivity contribution in [2.24, 2.45) is 0 Å². The molecule has 0 saturated carbocycles. The Labute approximate surface area is 206 Å². The van der Waals surface area contributed by atoms with E-state index in [1.807, 2.05) is 66.5 Å². The summed E-state index contributed by atoms with van der Waals surface area (Å²) in [7, 11) is 1.60. The van der Waals surface area contributed by atoms with Crippen molar-refractivity contribution >= 4 is 28.1 Å². The van der Waals surface area contributed by atoms with Crippen LogP contribution in [0.1, 0.15) is 16.1 Å². The number of ether oxygens (including phenoxy) is 1. The van der Waals surface area contributed by atoms with E-state index in [-0.39, 0.29) is 5.91 Å². The van der Waals surface area contributed by atoms with Crippen molar-refractivity contribution in [3.05, 3.63) is 96.7 Å². The van der Waals surface area contributed by atoms with E-state index in [2.05, 4.69) is 20.4 Å². The smallest absolute Gasteiger partial charge is 0.255 e. The van der Waals surface area contributed by atoms with Crippen molar-refractivity contribution in [3.8, 4) is 22.7 Å². The first-order valence-corrected chi connectivity index (χ1v) is 11.3. The maximum absolute atomic E-state index is 12.6. The lowest BCUT2D eigenvalue weighted by atomic mass is 10.1. The summed E-state index contributed by atoms with van der Waals surface area (Å²) < 4.78 is 9.24. The van der Waals surface area contributed by atoms with Crippen LogP contribution in [0.4, 0.5) is 5.69 Å². The van der Waals surface area contributed by atoms with Crippen LogP contribution in [0.5, 0.6) is 5.75 Å². The van der Waals surface area contributed by atoms with Crippen molar-refractivity contribution in [3.63, 3.8) is 0 Å². The summed E-state index contributed by atoms with van der Waals surface area (Å²) >= 11 is 0. The second kappa shape index (κ2) is 8.62. The van der Waals surface area contributed by atoms with Crippen LogP contribution in [-0.2, 0) is 0 Å². The SMILES string of the molecule is COc1cc(NC(=O)c2ccccc2)ccc1-n1nc(C)c2cnc(-c3cnn4cccnc34)cc21. The van der Waals surface area contributed by atoms with Crippen molar-refractivity contribution in [1.82, 2.24) is 29.4 Å². The van der Waals surface area contributed by atoms with Gasteiger partial charge < -0.3 is 10.1 Å². The van der Waals surface area contributed by atoms with Crippen molar-refractivity contribution < 1.29 is 9.53 Å². The Bertz CT molecular complexity index is 1740. The lowest BCUT2D eigenvalue weighted by molar-refractivity contribution is 0.102. The quantitative estimate of drug-likeness (QED) is 0.388. The zero-order valence-corrected chi connectivity index (χ0v) is 19.6. The van der Waals surface area contributed by atoms with E-state index in [9.17, 15) is 4.79 Å². The fourth-order valence-electron chi connectivity index (χ4n) is 4.22. The third-order valence-electron chi connectivity index (χ3n) is 6.01. The summed E-state index contributed by atoms with van der Waals surface area (Å²) in [6.07, 6.45) is 7.16. The van der Waals surface area contributed by atoms with Crippen LogP contribution in [0.15, 0.2) is 85.5 Å². The van der Waals surface area contributed by atoms with Gasteiger partial charge in [-0.3, -0.25) is 9.78 Å². The van der Waals surface area contributed by atoms with Gasteiger partial charge in [-0.25, -0.2) is 14.2 Å². The molecule has 0 saturated heterocycles. The molecule has 9 heteroatoms. The molecule has 1 amide bonds. The Morgan fingerprint density at radius 1 is 1.00 bits per heavy atom. The number of hydrogen-bond acceptors (Lipinski definition) is 6. The molecule has 0 atom stereocenters. The Morgan fingerprint density at radius 2 is 1.86 bits per heavy atom. The topological polar surface area (TPSA) is 99.2 Å². The summed E-state index contributed by atoms with van der Waals surface area (Å²) in [6, 6.07) is 18.4. The van der Waals surface area contributed by atoms with Gasteiger partial charge in [0.1, 0.15) is 11.4 Å². The maximum atomic E-state index is 12.6. The minimum atomic E-state index is -0.191. The highest BCUT2D eigenvalue weighted by atomic mass is 16.5. The molecule has 1 N–H and O–H groups in total. The van der Waals surface area contributed by atoms with Gasteiger partial charge in [-0.15, -0.1) is 0 Å². The number of methoxy groups -OCH3 is 1. The Balaban J connectivity index is 1.41. The Kier molecular flexibility index (Phi) is 5.15. The average molecular weight is 476 g/mol. The number of fused-ring (bicyclic) bond motifs is 2. The van der Waals surface area contributed by atoms with E-state index < -0.39 is 0 Å². The lowest BCUT2D eigenvalue weighted by Gasteiger charge is -2.13. The number of aryl methyl sites for hydroxylation is 1. The molecule has 36 heavy (non-hydrogen) atoms. The van der Waals surface area contributed by atoms with Gasteiger partial charge in [-0.2, -0.15) is 10.2 Å². The van der Waals surface area contributed by atoms with Crippen LogP contribution in [0.2, 0.25) is 0 Å². The van der Waals surface area contributed by atoms with Gasteiger partial charge in [-0.05, 0) is 43.3 Å². The summed E-state index contributed by atoms with van der Waals surface area (Å²) in [4.78, 5) is 21.7. The van der Waals surface area contributed by atoms with Crippen LogP contribution in [0.25, 0.3) is 33.5 Å². The zero-order chi connectivity index (χ0) is 24.6. The van der Waals surface area contributed by atoms with Crippen LogP contribution >= 0.6 is 0 Å². The summed E-state index contributed by atoms with van der Waals surface area (Å²) in [5, 5.41) is 13.0. The van der Waals surface area contributed by atoms with Gasteiger partial charge in [0, 0.05) is 41.3 Å². The second-order valence-corrected chi connectivity index (χ2v) is 8.24. The van der Waals surface area contributed by atoms with Gasteiger partial charge in [0.2, 0.25) is 0 Å². The van der Waals surface area contributed by atoms with Crippen LogP contribution in [0.3, 0.4) is 0 Å². The largest absolute Gasteiger partial charge is 0.494 e. The van der Waals surface area contributed by atoms with Crippen LogP contribution in [-0.4, -0.2) is 42.4 Å². The number of hydrogen-bond donors (Lipinski definition) is 1. The molecule has 6 aromatic rings. The van der Waals surface area contributed by atoms with E-state index in [0.717, 1.165) is 39.2 Å². The first-order valence-electron chi connectivity index (χ1n) is 11.3. The van der Waals surface area contributed by atoms with E-state index in [4.69, 9.17) is 9.84 Å². The Morgan fingerprint density at radius 3 is 2.69 bits per heavy atom. The van der Waals surface area contributed by atoms with Gasteiger partial charge in [-0.1, -0.05) is 18.2 Å². The number of anilines is 1. The molecule has 6 rings (SSSR count). The highest BCUT2D eigenvalue weighted by molar-refractivity contribution is 6.04. The minimum Gasteiger partial charge on any atom is -0.494 e. The fraction of sp³-hybridized carbons (Fsp3) is 0.0741. The molecule has 2 aromatic carbocycles. The molecular weight excluding hydrogens is 454 g/mol. The monoisotopic (exact) mass is 475 g/mol. The molecule has 0 fully saturated rings. The minimum absolute atomic E-state index is 0.191. The van der Waals surface area contributed by atoms with Crippen molar-refractivity contribution in [1.29, 1.82) is 0 Å². The van der Waals surface area contributed by atoms with E-state index >= 15 is 0 Å². The molecule has 0 spiro atoms. The fourth-order valence-corrected chi connectivity index (χ4v) is 4.22. The van der Waals surface area contributed by atoms with Gasteiger partial charge in [0.05, 0.1) is 35.8 Å². The number of nitrogens with one attached hydrogen (secondary N) is 1. The first kappa shape index (κ1) is 21.5.